The maximum absolute atomic E-state index is 12.1. The third kappa shape index (κ3) is 5.40. The van der Waals surface area contributed by atoms with Crippen LogP contribution in [0.15, 0.2) is 55.3 Å². The van der Waals surface area contributed by atoms with Crippen LogP contribution in [0.3, 0.4) is 0 Å². The predicted molar refractivity (Wildman–Crippen MR) is 130 cm³/mol. The molecule has 0 spiro atoms. The Morgan fingerprint density at radius 1 is 1.31 bits per heavy atom. The number of carbonyl (C=O) groups excluding carboxylic acids is 1. The largest absolute Gasteiger partial charge is 0.379 e. The molecule has 1 aliphatic heterocycles. The van der Waals surface area contributed by atoms with Crippen LogP contribution in [-0.2, 0) is 16.1 Å². The molecule has 1 amide bonds. The molecule has 166 valence electrons. The van der Waals surface area contributed by atoms with E-state index in [2.05, 4.69) is 33.9 Å². The zero-order valence-corrected chi connectivity index (χ0v) is 19.2. The molecular weight excluding hydrogens is 422 g/mol. The molecule has 1 aliphatic rings. The average Bonchev–Trinajstić information content (AvgIpc) is 3.23. The molecule has 1 aromatic carbocycles. The summed E-state index contributed by atoms with van der Waals surface area (Å²) in [6.07, 6.45) is 3.16. The van der Waals surface area contributed by atoms with Crippen LogP contribution in [0.4, 0.5) is 16.6 Å². The van der Waals surface area contributed by atoms with E-state index in [-0.39, 0.29) is 5.91 Å². The number of pyridine rings is 1. The van der Waals surface area contributed by atoms with Crippen molar-refractivity contribution in [2.75, 3.05) is 43.6 Å². The highest BCUT2D eigenvalue weighted by Gasteiger charge is 2.15. The molecule has 0 unspecified atom stereocenters. The summed E-state index contributed by atoms with van der Waals surface area (Å²) in [5.74, 6) is 0.596. The fraction of sp³-hybridized carbons (Fsp3) is 0.292. The molecule has 7 nitrogen and oxygen atoms in total. The van der Waals surface area contributed by atoms with Crippen LogP contribution in [0.25, 0.3) is 11.3 Å². The standard InChI is InChI=1S/C24H27N5O2S/c1-4-23(30)28(3)20-7-5-6-19(14-20)21-12-18(16-29-8-10-31-11-9-29)13-22(26-21)27-24-25-15-17(2)32-24/h4-7,12-15H,1,8-11,16H2,2-3H3,(H,25,26,27). The van der Waals surface area contributed by atoms with E-state index >= 15 is 0 Å². The van der Waals surface area contributed by atoms with Crippen molar-refractivity contribution in [3.8, 4) is 11.3 Å². The molecule has 0 bridgehead atoms. The minimum Gasteiger partial charge on any atom is -0.379 e. The second kappa shape index (κ2) is 10.0. The van der Waals surface area contributed by atoms with E-state index < -0.39 is 0 Å². The molecule has 0 saturated carbocycles. The maximum atomic E-state index is 12.1. The van der Waals surface area contributed by atoms with E-state index in [0.717, 1.165) is 71.2 Å². The van der Waals surface area contributed by atoms with Crippen molar-refractivity contribution >= 4 is 33.9 Å². The van der Waals surface area contributed by atoms with Crippen LogP contribution in [-0.4, -0.2) is 54.1 Å². The summed E-state index contributed by atoms with van der Waals surface area (Å²) in [5.41, 5.74) is 3.73. The zero-order chi connectivity index (χ0) is 22.5. The van der Waals surface area contributed by atoms with Crippen LogP contribution in [0.5, 0.6) is 0 Å². The molecule has 1 saturated heterocycles. The van der Waals surface area contributed by atoms with Gasteiger partial charge in [0.05, 0.1) is 18.9 Å². The number of rotatable bonds is 7. The lowest BCUT2D eigenvalue weighted by Crippen LogP contribution is -2.35. The number of likely N-dealkylation sites (N-methyl/N-ethyl adjacent to an activating group) is 1. The maximum Gasteiger partial charge on any atom is 0.250 e. The smallest absolute Gasteiger partial charge is 0.250 e. The highest BCUT2D eigenvalue weighted by molar-refractivity contribution is 7.15. The molecule has 0 atom stereocenters. The fourth-order valence-corrected chi connectivity index (χ4v) is 4.24. The lowest BCUT2D eigenvalue weighted by atomic mass is 10.1. The first-order chi connectivity index (χ1) is 15.5. The molecule has 0 aliphatic carbocycles. The lowest BCUT2D eigenvalue weighted by Gasteiger charge is -2.26. The summed E-state index contributed by atoms with van der Waals surface area (Å²) in [4.78, 5) is 26.4. The number of thiazole rings is 1. The van der Waals surface area contributed by atoms with Crippen molar-refractivity contribution < 1.29 is 9.53 Å². The molecule has 4 rings (SSSR count). The fourth-order valence-electron chi connectivity index (χ4n) is 3.57. The average molecular weight is 450 g/mol. The monoisotopic (exact) mass is 449 g/mol. The number of benzene rings is 1. The van der Waals surface area contributed by atoms with Crippen molar-refractivity contribution in [1.82, 2.24) is 14.9 Å². The molecule has 3 aromatic rings. The summed E-state index contributed by atoms with van der Waals surface area (Å²) in [7, 11) is 1.74. The van der Waals surface area contributed by atoms with E-state index in [4.69, 9.17) is 9.72 Å². The van der Waals surface area contributed by atoms with Crippen molar-refractivity contribution in [2.24, 2.45) is 0 Å². The number of nitrogens with one attached hydrogen (secondary N) is 1. The number of amides is 1. The van der Waals surface area contributed by atoms with Gasteiger partial charge >= 0.3 is 0 Å². The van der Waals surface area contributed by atoms with E-state index in [0.29, 0.717) is 0 Å². The van der Waals surface area contributed by atoms with Crippen molar-refractivity contribution in [3.05, 3.63) is 65.7 Å². The minimum absolute atomic E-state index is 0.155. The van der Waals surface area contributed by atoms with E-state index in [1.54, 1.807) is 23.3 Å². The summed E-state index contributed by atoms with van der Waals surface area (Å²) < 4.78 is 5.49. The quantitative estimate of drug-likeness (QED) is 0.544. The van der Waals surface area contributed by atoms with Gasteiger partial charge in [0.1, 0.15) is 5.82 Å². The normalized spacial score (nSPS) is 14.2. The number of aryl methyl sites for hydroxylation is 1. The van der Waals surface area contributed by atoms with Gasteiger partial charge in [-0.25, -0.2) is 9.97 Å². The van der Waals surface area contributed by atoms with Crippen LogP contribution in [0.1, 0.15) is 10.4 Å². The molecule has 1 N–H and O–H groups in total. The first-order valence-corrected chi connectivity index (χ1v) is 11.3. The lowest BCUT2D eigenvalue weighted by molar-refractivity contribution is -0.113. The van der Waals surface area contributed by atoms with E-state index in [1.165, 1.54) is 6.08 Å². The van der Waals surface area contributed by atoms with E-state index in [9.17, 15) is 4.79 Å². The Morgan fingerprint density at radius 3 is 2.84 bits per heavy atom. The summed E-state index contributed by atoms with van der Waals surface area (Å²) in [6, 6.07) is 12.0. The Hall–Kier alpha value is -3.07. The number of hydrogen-bond acceptors (Lipinski definition) is 7. The third-order valence-corrected chi connectivity index (χ3v) is 6.11. The van der Waals surface area contributed by atoms with Gasteiger partial charge in [0, 0.05) is 49.0 Å². The van der Waals surface area contributed by atoms with Crippen LogP contribution in [0, 0.1) is 6.92 Å². The highest BCUT2D eigenvalue weighted by Crippen LogP contribution is 2.28. The summed E-state index contributed by atoms with van der Waals surface area (Å²) in [5, 5.41) is 4.17. The van der Waals surface area contributed by atoms with Crippen molar-refractivity contribution in [3.63, 3.8) is 0 Å². The zero-order valence-electron chi connectivity index (χ0n) is 18.4. The number of anilines is 3. The van der Waals surface area contributed by atoms with Crippen molar-refractivity contribution in [2.45, 2.75) is 13.5 Å². The highest BCUT2D eigenvalue weighted by atomic mass is 32.1. The number of carbonyl (C=O) groups is 1. The van der Waals surface area contributed by atoms with E-state index in [1.807, 2.05) is 37.4 Å². The Labute approximate surface area is 192 Å². The molecule has 3 heterocycles. The first-order valence-electron chi connectivity index (χ1n) is 10.5. The minimum atomic E-state index is -0.155. The Balaban J connectivity index is 1.68. The van der Waals surface area contributed by atoms with Crippen LogP contribution < -0.4 is 10.2 Å². The predicted octanol–water partition coefficient (Wildman–Crippen LogP) is 4.24. The topological polar surface area (TPSA) is 70.6 Å². The molecular formula is C24H27N5O2S. The van der Waals surface area contributed by atoms with Crippen molar-refractivity contribution in [1.29, 1.82) is 0 Å². The van der Waals surface area contributed by atoms with Gasteiger partial charge in [-0.15, -0.1) is 11.3 Å². The summed E-state index contributed by atoms with van der Waals surface area (Å²) in [6.45, 7) is 9.77. The Bertz CT molecular complexity index is 1110. The third-order valence-electron chi connectivity index (χ3n) is 5.29. The van der Waals surface area contributed by atoms with Gasteiger partial charge in [-0.3, -0.25) is 9.69 Å². The number of morpholine rings is 1. The number of ether oxygens (including phenoxy) is 1. The molecule has 8 heteroatoms. The van der Waals surface area contributed by atoms with Gasteiger partial charge in [0.25, 0.3) is 0 Å². The van der Waals surface area contributed by atoms with Crippen LogP contribution >= 0.6 is 11.3 Å². The van der Waals surface area contributed by atoms with Gasteiger partial charge in [-0.2, -0.15) is 0 Å². The van der Waals surface area contributed by atoms with Gasteiger partial charge in [-0.1, -0.05) is 18.7 Å². The molecule has 2 aromatic heterocycles. The Morgan fingerprint density at radius 2 is 2.12 bits per heavy atom. The second-order valence-corrected chi connectivity index (χ2v) is 8.92. The molecule has 0 radical (unpaired) electrons. The second-order valence-electron chi connectivity index (χ2n) is 7.69. The Kier molecular flexibility index (Phi) is 6.94. The van der Waals surface area contributed by atoms with Gasteiger partial charge in [-0.05, 0) is 42.8 Å². The number of hydrogen-bond donors (Lipinski definition) is 1. The number of aromatic nitrogens is 2. The van der Waals surface area contributed by atoms with Gasteiger partial charge in [0.15, 0.2) is 5.13 Å². The van der Waals surface area contributed by atoms with Gasteiger partial charge in [0.2, 0.25) is 5.91 Å². The molecule has 1 fully saturated rings. The molecule has 32 heavy (non-hydrogen) atoms. The first kappa shape index (κ1) is 22.1. The van der Waals surface area contributed by atoms with Gasteiger partial charge < -0.3 is 15.0 Å². The summed E-state index contributed by atoms with van der Waals surface area (Å²) >= 11 is 1.60. The number of nitrogens with zero attached hydrogens (tertiary/aromatic N) is 4. The van der Waals surface area contributed by atoms with Crippen LogP contribution in [0.2, 0.25) is 0 Å². The SMILES string of the molecule is C=CC(=O)N(C)c1cccc(-c2cc(CN3CCOCC3)cc(Nc3ncc(C)s3)n2)c1.